The average Bonchev–Trinajstić information content (AvgIpc) is 2.63. The number of ether oxygens (including phenoxy) is 1. The fourth-order valence-corrected chi connectivity index (χ4v) is 1.96. The van der Waals surface area contributed by atoms with E-state index in [2.05, 4.69) is 25.3 Å². The Morgan fingerprint density at radius 1 is 1.00 bits per heavy atom. The largest absolute Gasteiger partial charge is 0.363 e. The maximum Gasteiger partial charge on any atom is 0.100 e. The fourth-order valence-electron chi connectivity index (χ4n) is 1.96. The van der Waals surface area contributed by atoms with Crippen molar-refractivity contribution in [2.24, 2.45) is 11.8 Å². The summed E-state index contributed by atoms with van der Waals surface area (Å²) in [6.07, 6.45) is -0.598. The molecule has 0 saturated carbocycles. The van der Waals surface area contributed by atoms with E-state index in [9.17, 15) is 0 Å². The van der Waals surface area contributed by atoms with E-state index < -0.39 is 0 Å². The Hall–Kier alpha value is -1.58. The second-order valence-corrected chi connectivity index (χ2v) is 3.34. The number of hydrogen-bond donors (Lipinski definition) is 0. The molecule has 0 aromatic heterocycles. The third-order valence-electron chi connectivity index (χ3n) is 2.73. The molecule has 3 heteroatoms. The first-order chi connectivity index (χ1) is 6.20. The topological polar surface area (TPSA) is 56.8 Å². The molecule has 0 aromatic rings. The predicted octanol–water partition coefficient (Wildman–Crippen LogP) is 1.16. The van der Waals surface area contributed by atoms with Crippen molar-refractivity contribution in [3.63, 3.8) is 0 Å². The van der Waals surface area contributed by atoms with Crippen molar-refractivity contribution in [2.75, 3.05) is 0 Å². The van der Waals surface area contributed by atoms with Crippen LogP contribution in [0.15, 0.2) is 24.3 Å². The van der Waals surface area contributed by atoms with Gasteiger partial charge in [-0.15, -0.1) is 0 Å². The van der Waals surface area contributed by atoms with Crippen LogP contribution in [-0.4, -0.2) is 12.2 Å². The van der Waals surface area contributed by atoms with Gasteiger partial charge in [-0.05, 0) is 11.1 Å². The van der Waals surface area contributed by atoms with E-state index in [1.54, 1.807) is 0 Å². The molecule has 2 saturated heterocycles. The Morgan fingerprint density at radius 3 is 1.69 bits per heavy atom. The fraction of sp³-hybridized carbons (Fsp3) is 0.400. The summed E-state index contributed by atoms with van der Waals surface area (Å²) in [6.45, 7) is 7.60. The Labute approximate surface area is 76.5 Å². The van der Waals surface area contributed by atoms with Crippen LogP contribution in [0.2, 0.25) is 0 Å². The molecule has 2 heterocycles. The molecule has 3 nitrogen and oxygen atoms in total. The molecule has 0 aromatic carbocycles. The molecule has 64 valence electrons. The van der Waals surface area contributed by atoms with E-state index in [-0.39, 0.29) is 24.0 Å². The molecule has 0 amide bonds. The minimum absolute atomic E-state index is 0.299. The Balaban J connectivity index is 2.40. The zero-order valence-electron chi connectivity index (χ0n) is 7.03. The molecule has 0 radical (unpaired) electrons. The molecule has 2 fully saturated rings. The highest BCUT2D eigenvalue weighted by Gasteiger charge is 2.53. The van der Waals surface area contributed by atoms with Gasteiger partial charge in [0.15, 0.2) is 0 Å². The van der Waals surface area contributed by atoms with Crippen LogP contribution in [0, 0.1) is 34.5 Å². The van der Waals surface area contributed by atoms with Crippen LogP contribution >= 0.6 is 0 Å². The number of fused-ring (bicyclic) bond motifs is 2. The van der Waals surface area contributed by atoms with Gasteiger partial charge in [-0.25, -0.2) is 0 Å². The van der Waals surface area contributed by atoms with Gasteiger partial charge in [-0.1, -0.05) is 13.2 Å². The Kier molecular flexibility index (Phi) is 1.52. The summed E-state index contributed by atoms with van der Waals surface area (Å²) in [5.74, 6) is -0.735. The molecular weight excluding hydrogens is 164 g/mol. The van der Waals surface area contributed by atoms with Gasteiger partial charge in [-0.3, -0.25) is 0 Å². The smallest absolute Gasteiger partial charge is 0.100 e. The molecule has 4 atom stereocenters. The second kappa shape index (κ2) is 2.45. The summed E-state index contributed by atoms with van der Waals surface area (Å²) in [6, 6.07) is 4.20. The van der Waals surface area contributed by atoms with Crippen LogP contribution < -0.4 is 0 Å². The summed E-state index contributed by atoms with van der Waals surface area (Å²) >= 11 is 0. The summed E-state index contributed by atoms with van der Waals surface area (Å²) in [5.41, 5.74) is 1.56. The van der Waals surface area contributed by atoms with Crippen LogP contribution in [0.1, 0.15) is 0 Å². The third-order valence-corrected chi connectivity index (χ3v) is 2.73. The zero-order valence-corrected chi connectivity index (χ0v) is 7.03. The van der Waals surface area contributed by atoms with Crippen molar-refractivity contribution >= 4 is 0 Å². The SMILES string of the molecule is C=C1C(=C)C2OC1C(C#N)C2C#N. The normalized spacial score (nSPS) is 41.7. The number of rotatable bonds is 0. The van der Waals surface area contributed by atoms with Crippen molar-refractivity contribution in [1.82, 2.24) is 0 Å². The van der Waals surface area contributed by atoms with Gasteiger partial charge in [-0.2, -0.15) is 10.5 Å². The quantitative estimate of drug-likeness (QED) is 0.551. The van der Waals surface area contributed by atoms with Crippen molar-refractivity contribution < 1.29 is 4.74 Å². The molecule has 0 aliphatic carbocycles. The van der Waals surface area contributed by atoms with Crippen LogP contribution in [0.4, 0.5) is 0 Å². The zero-order chi connectivity index (χ0) is 9.59. The van der Waals surface area contributed by atoms with Gasteiger partial charge in [0.1, 0.15) is 12.2 Å². The monoisotopic (exact) mass is 172 g/mol. The maximum absolute atomic E-state index is 8.84. The molecule has 0 N–H and O–H groups in total. The third kappa shape index (κ3) is 0.798. The second-order valence-electron chi connectivity index (χ2n) is 3.34. The molecule has 2 rings (SSSR count). The molecule has 2 aliphatic heterocycles. The van der Waals surface area contributed by atoms with Gasteiger partial charge in [0, 0.05) is 0 Å². The van der Waals surface area contributed by atoms with E-state index in [0.717, 1.165) is 11.1 Å². The lowest BCUT2D eigenvalue weighted by molar-refractivity contribution is 0.113. The van der Waals surface area contributed by atoms with E-state index in [0.29, 0.717) is 0 Å². The lowest BCUT2D eigenvalue weighted by Gasteiger charge is -2.19. The van der Waals surface area contributed by atoms with Crippen LogP contribution in [-0.2, 0) is 4.74 Å². The van der Waals surface area contributed by atoms with Gasteiger partial charge in [0.25, 0.3) is 0 Å². The first kappa shape index (κ1) is 8.04. The van der Waals surface area contributed by atoms with Crippen LogP contribution in [0.5, 0.6) is 0 Å². The Morgan fingerprint density at radius 2 is 1.38 bits per heavy atom. The molecule has 2 aliphatic rings. The summed E-state index contributed by atoms with van der Waals surface area (Å²) in [4.78, 5) is 0. The lowest BCUT2D eigenvalue weighted by atomic mass is 9.76. The van der Waals surface area contributed by atoms with Gasteiger partial charge in [0.2, 0.25) is 0 Å². The first-order valence-corrected chi connectivity index (χ1v) is 4.03. The van der Waals surface area contributed by atoms with Crippen molar-refractivity contribution in [3.05, 3.63) is 24.3 Å². The van der Waals surface area contributed by atoms with E-state index in [4.69, 9.17) is 15.3 Å². The molecule has 4 unspecified atom stereocenters. The van der Waals surface area contributed by atoms with Gasteiger partial charge in [0.05, 0.1) is 24.0 Å². The molecule has 2 bridgehead atoms. The van der Waals surface area contributed by atoms with Crippen LogP contribution in [0.3, 0.4) is 0 Å². The van der Waals surface area contributed by atoms with Crippen molar-refractivity contribution in [2.45, 2.75) is 12.2 Å². The minimum Gasteiger partial charge on any atom is -0.363 e. The van der Waals surface area contributed by atoms with Gasteiger partial charge >= 0.3 is 0 Å². The summed E-state index contributed by atoms with van der Waals surface area (Å²) in [7, 11) is 0. The highest BCUT2D eigenvalue weighted by atomic mass is 16.5. The average molecular weight is 172 g/mol. The number of hydrogen-bond acceptors (Lipinski definition) is 3. The lowest BCUT2D eigenvalue weighted by Crippen LogP contribution is -2.27. The summed E-state index contributed by atoms with van der Waals surface area (Å²) < 4.78 is 5.46. The van der Waals surface area contributed by atoms with Crippen LogP contribution in [0.25, 0.3) is 0 Å². The number of nitriles is 2. The van der Waals surface area contributed by atoms with E-state index in [1.165, 1.54) is 0 Å². The highest BCUT2D eigenvalue weighted by Crippen LogP contribution is 2.47. The van der Waals surface area contributed by atoms with E-state index in [1.807, 2.05) is 0 Å². The molecule has 13 heavy (non-hydrogen) atoms. The molecular formula is C10H8N2O. The predicted molar refractivity (Wildman–Crippen MR) is 45.1 cm³/mol. The maximum atomic E-state index is 8.84. The minimum atomic E-state index is -0.368. The van der Waals surface area contributed by atoms with E-state index >= 15 is 0 Å². The standard InChI is InChI=1S/C10H8N2O/c1-5-6(2)10-8(4-12)7(3-11)9(5)13-10/h7-10H,1-2H2. The first-order valence-electron chi connectivity index (χ1n) is 4.03. The van der Waals surface area contributed by atoms with Gasteiger partial charge < -0.3 is 4.74 Å². The highest BCUT2D eigenvalue weighted by molar-refractivity contribution is 5.45. The number of nitrogens with zero attached hydrogens (tertiary/aromatic N) is 2. The van der Waals surface area contributed by atoms with Crippen molar-refractivity contribution in [1.29, 1.82) is 10.5 Å². The van der Waals surface area contributed by atoms with Crippen molar-refractivity contribution in [3.8, 4) is 12.1 Å². The molecule has 0 spiro atoms. The Bertz CT molecular complexity index is 335. The summed E-state index contributed by atoms with van der Waals surface area (Å²) in [5, 5.41) is 17.7.